The van der Waals surface area contributed by atoms with Gasteiger partial charge in [-0.05, 0) is 24.6 Å². The van der Waals surface area contributed by atoms with Crippen molar-refractivity contribution in [1.82, 2.24) is 5.32 Å². The lowest BCUT2D eigenvalue weighted by Gasteiger charge is -2.06. The summed E-state index contributed by atoms with van der Waals surface area (Å²) in [5.41, 5.74) is 0.803. The Hall–Kier alpha value is -1.44. The Bertz CT molecular complexity index is 511. The molecule has 1 rings (SSSR count). The van der Waals surface area contributed by atoms with Crippen LogP contribution in [0.5, 0.6) is 0 Å². The zero-order valence-corrected chi connectivity index (χ0v) is 11.6. The van der Waals surface area contributed by atoms with Gasteiger partial charge in [-0.2, -0.15) is 0 Å². The first kappa shape index (κ1) is 15.6. The molecule has 0 radical (unpaired) electrons. The number of nitrogens with two attached hydrogens (primary N) is 1. The van der Waals surface area contributed by atoms with E-state index < -0.39 is 10.0 Å². The second kappa shape index (κ2) is 7.22. The number of sulfonamides is 1. The van der Waals surface area contributed by atoms with Crippen LogP contribution in [0.25, 0.3) is 0 Å². The van der Waals surface area contributed by atoms with Gasteiger partial charge in [-0.15, -0.1) is 0 Å². The Morgan fingerprint density at radius 1 is 1.32 bits per heavy atom. The minimum Gasteiger partial charge on any atom is -0.381 e. The Morgan fingerprint density at radius 2 is 1.95 bits per heavy atom. The number of benzene rings is 1. The largest absolute Gasteiger partial charge is 0.381 e. The van der Waals surface area contributed by atoms with Gasteiger partial charge in [0.15, 0.2) is 0 Å². The minimum absolute atomic E-state index is 0.0546. The molecule has 0 atom stereocenters. The summed E-state index contributed by atoms with van der Waals surface area (Å²) in [5.74, 6) is -0.107. The summed E-state index contributed by atoms with van der Waals surface area (Å²) in [6.07, 6.45) is 0.309. The van der Waals surface area contributed by atoms with E-state index in [4.69, 9.17) is 9.88 Å². The molecule has 0 fully saturated rings. The van der Waals surface area contributed by atoms with Gasteiger partial charge in [0.1, 0.15) is 0 Å². The third kappa shape index (κ3) is 5.82. The van der Waals surface area contributed by atoms with Crippen LogP contribution in [0.4, 0.5) is 0 Å². The Morgan fingerprint density at radius 3 is 2.47 bits per heavy atom. The van der Waals surface area contributed by atoms with Crippen molar-refractivity contribution < 1.29 is 17.9 Å². The average molecular weight is 286 g/mol. The number of rotatable bonds is 7. The van der Waals surface area contributed by atoms with E-state index in [9.17, 15) is 13.2 Å². The molecule has 0 saturated heterocycles. The molecule has 0 aliphatic rings. The molecule has 3 N–H and O–H groups in total. The molecule has 7 heteroatoms. The molecule has 106 valence electrons. The molecular weight excluding hydrogens is 268 g/mol. The van der Waals surface area contributed by atoms with E-state index in [2.05, 4.69) is 5.32 Å². The van der Waals surface area contributed by atoms with Gasteiger partial charge < -0.3 is 10.1 Å². The average Bonchev–Trinajstić information content (AvgIpc) is 2.36. The maximum atomic E-state index is 11.4. The predicted octanol–water partition coefficient (Wildman–Crippen LogP) is 0.377. The van der Waals surface area contributed by atoms with E-state index in [1.54, 1.807) is 12.1 Å². The van der Waals surface area contributed by atoms with Crippen molar-refractivity contribution in [2.24, 2.45) is 5.14 Å². The number of hydrogen-bond acceptors (Lipinski definition) is 4. The van der Waals surface area contributed by atoms with Crippen molar-refractivity contribution in [2.75, 3.05) is 13.2 Å². The van der Waals surface area contributed by atoms with Gasteiger partial charge in [0.25, 0.3) is 0 Å². The van der Waals surface area contributed by atoms with Crippen LogP contribution in [0.1, 0.15) is 18.9 Å². The molecule has 6 nitrogen and oxygen atoms in total. The standard InChI is InChI=1S/C12H18N2O4S/c1-2-18-8-7-12(15)14-9-10-3-5-11(6-4-10)19(13,16)17/h3-6H,2,7-9H2,1H3,(H,14,15)(H2,13,16,17). The normalized spacial score (nSPS) is 11.3. The number of carbonyl (C=O) groups excluding carboxylic acids is 1. The Labute approximate surface area is 113 Å². The van der Waals surface area contributed by atoms with Crippen LogP contribution >= 0.6 is 0 Å². The first-order chi connectivity index (χ1) is 8.93. The highest BCUT2D eigenvalue weighted by molar-refractivity contribution is 7.89. The molecule has 0 spiro atoms. The van der Waals surface area contributed by atoms with Gasteiger partial charge in [-0.3, -0.25) is 4.79 Å². The molecule has 0 saturated carbocycles. The highest BCUT2D eigenvalue weighted by Crippen LogP contribution is 2.08. The lowest BCUT2D eigenvalue weighted by Crippen LogP contribution is -2.24. The fraction of sp³-hybridized carbons (Fsp3) is 0.417. The summed E-state index contributed by atoms with van der Waals surface area (Å²) in [4.78, 5) is 11.5. The first-order valence-electron chi connectivity index (χ1n) is 5.89. The van der Waals surface area contributed by atoms with Crippen LogP contribution in [0, 0.1) is 0 Å². The van der Waals surface area contributed by atoms with Crippen molar-refractivity contribution in [2.45, 2.75) is 24.8 Å². The van der Waals surface area contributed by atoms with E-state index in [0.717, 1.165) is 5.56 Å². The molecule has 1 aromatic rings. The fourth-order valence-electron chi connectivity index (χ4n) is 1.40. The number of hydrogen-bond donors (Lipinski definition) is 2. The zero-order chi connectivity index (χ0) is 14.3. The summed E-state index contributed by atoms with van der Waals surface area (Å²) in [6, 6.07) is 6.05. The SMILES string of the molecule is CCOCCC(=O)NCc1ccc(S(N)(=O)=O)cc1. The van der Waals surface area contributed by atoms with E-state index in [1.165, 1.54) is 12.1 Å². The highest BCUT2D eigenvalue weighted by atomic mass is 32.2. The minimum atomic E-state index is -3.67. The van der Waals surface area contributed by atoms with E-state index in [0.29, 0.717) is 26.2 Å². The highest BCUT2D eigenvalue weighted by Gasteiger charge is 2.07. The van der Waals surface area contributed by atoms with Crippen molar-refractivity contribution in [3.63, 3.8) is 0 Å². The summed E-state index contributed by atoms with van der Waals surface area (Å²) >= 11 is 0. The molecule has 0 unspecified atom stereocenters. The molecule has 0 aromatic heterocycles. The van der Waals surface area contributed by atoms with Crippen molar-refractivity contribution >= 4 is 15.9 Å². The van der Waals surface area contributed by atoms with Gasteiger partial charge in [0, 0.05) is 19.6 Å². The van der Waals surface area contributed by atoms with Crippen LogP contribution in [-0.2, 0) is 26.1 Å². The maximum absolute atomic E-state index is 11.4. The number of amides is 1. The second-order valence-corrected chi connectivity index (χ2v) is 5.47. The van der Waals surface area contributed by atoms with Crippen molar-refractivity contribution in [3.05, 3.63) is 29.8 Å². The smallest absolute Gasteiger partial charge is 0.238 e. The van der Waals surface area contributed by atoms with Crippen LogP contribution in [0.2, 0.25) is 0 Å². The van der Waals surface area contributed by atoms with Crippen molar-refractivity contribution in [3.8, 4) is 0 Å². The molecule has 0 aliphatic carbocycles. The summed E-state index contributed by atoms with van der Waals surface area (Å²) in [6.45, 7) is 3.19. The molecular formula is C12H18N2O4S. The molecule has 1 amide bonds. The number of ether oxygens (including phenoxy) is 1. The van der Waals surface area contributed by atoms with E-state index >= 15 is 0 Å². The number of nitrogens with one attached hydrogen (secondary N) is 1. The molecule has 0 aliphatic heterocycles. The fourth-order valence-corrected chi connectivity index (χ4v) is 1.91. The molecule has 0 heterocycles. The quantitative estimate of drug-likeness (QED) is 0.708. The summed E-state index contributed by atoms with van der Waals surface area (Å²) in [7, 11) is -3.67. The monoisotopic (exact) mass is 286 g/mol. The van der Waals surface area contributed by atoms with Crippen LogP contribution < -0.4 is 10.5 Å². The number of carbonyl (C=O) groups is 1. The third-order valence-corrected chi connectivity index (χ3v) is 3.35. The predicted molar refractivity (Wildman–Crippen MR) is 70.8 cm³/mol. The van der Waals surface area contributed by atoms with E-state index in [-0.39, 0.29) is 10.8 Å². The summed E-state index contributed by atoms with van der Waals surface area (Å²) in [5, 5.41) is 7.70. The lowest BCUT2D eigenvalue weighted by atomic mass is 10.2. The third-order valence-electron chi connectivity index (χ3n) is 2.42. The van der Waals surface area contributed by atoms with E-state index in [1.807, 2.05) is 6.92 Å². The van der Waals surface area contributed by atoms with Crippen LogP contribution in [-0.4, -0.2) is 27.5 Å². The second-order valence-electron chi connectivity index (χ2n) is 3.91. The zero-order valence-electron chi connectivity index (χ0n) is 10.8. The lowest BCUT2D eigenvalue weighted by molar-refractivity contribution is -0.122. The van der Waals surface area contributed by atoms with Gasteiger partial charge >= 0.3 is 0 Å². The van der Waals surface area contributed by atoms with Gasteiger partial charge in [0.2, 0.25) is 15.9 Å². The van der Waals surface area contributed by atoms with Gasteiger partial charge in [0.05, 0.1) is 11.5 Å². The van der Waals surface area contributed by atoms with Crippen molar-refractivity contribution in [1.29, 1.82) is 0 Å². The first-order valence-corrected chi connectivity index (χ1v) is 7.44. The number of primary sulfonamides is 1. The molecule has 0 bridgehead atoms. The topological polar surface area (TPSA) is 98.5 Å². The summed E-state index contributed by atoms with van der Waals surface area (Å²) < 4.78 is 27.2. The van der Waals surface area contributed by atoms with Crippen LogP contribution in [0.15, 0.2) is 29.2 Å². The van der Waals surface area contributed by atoms with Gasteiger partial charge in [-0.25, -0.2) is 13.6 Å². The Kier molecular flexibility index (Phi) is 5.94. The molecule has 19 heavy (non-hydrogen) atoms. The molecule has 1 aromatic carbocycles. The van der Waals surface area contributed by atoms with Gasteiger partial charge in [-0.1, -0.05) is 12.1 Å². The van der Waals surface area contributed by atoms with Crippen LogP contribution in [0.3, 0.4) is 0 Å². The maximum Gasteiger partial charge on any atom is 0.238 e. The Balaban J connectivity index is 2.44.